The number of carbonyl (C=O) groups excluding carboxylic acids is 1. The normalized spacial score (nSPS) is 15.3. The van der Waals surface area contributed by atoms with Crippen LogP contribution < -0.4 is 5.32 Å². The van der Waals surface area contributed by atoms with Crippen LogP contribution >= 0.6 is 15.9 Å². The summed E-state index contributed by atoms with van der Waals surface area (Å²) in [6, 6.07) is 11.7. The van der Waals surface area contributed by atoms with Crippen LogP contribution in [0.25, 0.3) is 0 Å². The standard InChI is InChI=1S/C16H13BrN2O/c1-9-3-5-14-12(7-9)15(16(20)19-14)18-13-6-4-11(17)8-10(13)2/h3-8H,1-2H3,(H,18,19,20). The largest absolute Gasteiger partial charge is 0.320 e. The van der Waals surface area contributed by atoms with E-state index in [0.29, 0.717) is 5.71 Å². The molecule has 20 heavy (non-hydrogen) atoms. The Balaban J connectivity index is 2.13. The van der Waals surface area contributed by atoms with Crippen molar-refractivity contribution in [2.24, 2.45) is 4.99 Å². The highest BCUT2D eigenvalue weighted by atomic mass is 79.9. The third-order valence-electron chi connectivity index (χ3n) is 3.28. The molecule has 0 saturated carbocycles. The maximum Gasteiger partial charge on any atom is 0.275 e. The maximum atomic E-state index is 12.1. The molecule has 0 fully saturated rings. The van der Waals surface area contributed by atoms with Crippen molar-refractivity contribution in [3.8, 4) is 0 Å². The molecule has 3 nitrogen and oxygen atoms in total. The van der Waals surface area contributed by atoms with Gasteiger partial charge in [-0.15, -0.1) is 0 Å². The molecule has 0 saturated heterocycles. The van der Waals surface area contributed by atoms with Crippen LogP contribution in [-0.4, -0.2) is 11.6 Å². The van der Waals surface area contributed by atoms with Gasteiger partial charge in [-0.2, -0.15) is 0 Å². The van der Waals surface area contributed by atoms with Gasteiger partial charge in [0.25, 0.3) is 5.91 Å². The van der Waals surface area contributed by atoms with Crippen molar-refractivity contribution < 1.29 is 4.79 Å². The summed E-state index contributed by atoms with van der Waals surface area (Å²) in [5, 5.41) is 2.85. The number of fused-ring (bicyclic) bond motifs is 1. The summed E-state index contributed by atoms with van der Waals surface area (Å²) in [5.41, 5.74) is 5.13. The molecule has 100 valence electrons. The number of carbonyl (C=O) groups is 1. The van der Waals surface area contributed by atoms with Crippen LogP contribution in [0.2, 0.25) is 0 Å². The number of hydrogen-bond donors (Lipinski definition) is 1. The van der Waals surface area contributed by atoms with E-state index in [9.17, 15) is 4.79 Å². The SMILES string of the molecule is Cc1ccc2c(c1)C(=Nc1ccc(Br)cc1C)C(=O)N2. The van der Waals surface area contributed by atoms with E-state index in [2.05, 4.69) is 26.2 Å². The number of benzene rings is 2. The number of halogens is 1. The molecule has 2 aromatic rings. The lowest BCUT2D eigenvalue weighted by molar-refractivity contribution is -0.110. The molecule has 2 aromatic carbocycles. The first-order chi connectivity index (χ1) is 9.54. The van der Waals surface area contributed by atoms with Crippen molar-refractivity contribution in [3.63, 3.8) is 0 Å². The number of aliphatic imine (C=N–C) groups is 1. The fourth-order valence-corrected chi connectivity index (χ4v) is 2.72. The number of rotatable bonds is 1. The van der Waals surface area contributed by atoms with Crippen LogP contribution in [0, 0.1) is 13.8 Å². The zero-order valence-corrected chi connectivity index (χ0v) is 12.8. The highest BCUT2D eigenvalue weighted by molar-refractivity contribution is 9.10. The molecular formula is C16H13BrN2O. The summed E-state index contributed by atoms with van der Waals surface area (Å²) in [6.07, 6.45) is 0. The number of aryl methyl sites for hydroxylation is 2. The van der Waals surface area contributed by atoms with Gasteiger partial charge in [-0.05, 0) is 49.7 Å². The molecule has 1 N–H and O–H groups in total. The topological polar surface area (TPSA) is 41.5 Å². The van der Waals surface area contributed by atoms with E-state index >= 15 is 0 Å². The monoisotopic (exact) mass is 328 g/mol. The lowest BCUT2D eigenvalue weighted by Gasteiger charge is -2.03. The second kappa shape index (κ2) is 4.87. The van der Waals surface area contributed by atoms with Gasteiger partial charge in [0.15, 0.2) is 0 Å². The van der Waals surface area contributed by atoms with Crippen LogP contribution in [0.5, 0.6) is 0 Å². The van der Waals surface area contributed by atoms with E-state index in [1.807, 2.05) is 50.2 Å². The Labute approximate surface area is 125 Å². The second-order valence-corrected chi connectivity index (χ2v) is 5.81. The molecule has 1 amide bonds. The van der Waals surface area contributed by atoms with Gasteiger partial charge in [-0.25, -0.2) is 4.99 Å². The van der Waals surface area contributed by atoms with Crippen LogP contribution in [0.4, 0.5) is 11.4 Å². The summed E-state index contributed by atoms with van der Waals surface area (Å²) >= 11 is 3.43. The minimum atomic E-state index is -0.145. The molecule has 0 spiro atoms. The molecule has 1 aliphatic heterocycles. The molecule has 0 bridgehead atoms. The molecule has 0 radical (unpaired) electrons. The van der Waals surface area contributed by atoms with Crippen LogP contribution in [0.3, 0.4) is 0 Å². The predicted octanol–water partition coefficient (Wildman–Crippen LogP) is 4.14. The zero-order chi connectivity index (χ0) is 14.3. The second-order valence-electron chi connectivity index (χ2n) is 4.89. The molecule has 3 rings (SSSR count). The highest BCUT2D eigenvalue weighted by Crippen LogP contribution is 2.28. The minimum Gasteiger partial charge on any atom is -0.320 e. The van der Waals surface area contributed by atoms with Gasteiger partial charge in [0, 0.05) is 10.0 Å². The van der Waals surface area contributed by atoms with Crippen molar-refractivity contribution in [2.75, 3.05) is 5.32 Å². The number of anilines is 1. The summed E-state index contributed by atoms with van der Waals surface area (Å²) in [7, 11) is 0. The van der Waals surface area contributed by atoms with E-state index < -0.39 is 0 Å². The Morgan fingerprint density at radius 3 is 2.65 bits per heavy atom. The molecule has 1 heterocycles. The summed E-state index contributed by atoms with van der Waals surface area (Å²) in [5.74, 6) is -0.145. The fourth-order valence-electron chi connectivity index (χ4n) is 2.24. The van der Waals surface area contributed by atoms with Gasteiger partial charge < -0.3 is 5.32 Å². The molecule has 0 unspecified atom stereocenters. The number of nitrogens with one attached hydrogen (secondary N) is 1. The van der Waals surface area contributed by atoms with E-state index in [0.717, 1.165) is 32.5 Å². The highest BCUT2D eigenvalue weighted by Gasteiger charge is 2.25. The van der Waals surface area contributed by atoms with Crippen molar-refractivity contribution in [1.29, 1.82) is 0 Å². The average molecular weight is 329 g/mol. The lowest BCUT2D eigenvalue weighted by Crippen LogP contribution is -2.14. The van der Waals surface area contributed by atoms with Gasteiger partial charge in [0.05, 0.1) is 11.4 Å². The number of amides is 1. The van der Waals surface area contributed by atoms with E-state index in [-0.39, 0.29) is 5.91 Å². The van der Waals surface area contributed by atoms with Gasteiger partial charge in [0.2, 0.25) is 0 Å². The van der Waals surface area contributed by atoms with E-state index in [1.165, 1.54) is 0 Å². The van der Waals surface area contributed by atoms with Crippen molar-refractivity contribution >= 4 is 38.9 Å². The van der Waals surface area contributed by atoms with E-state index in [4.69, 9.17) is 0 Å². The predicted molar refractivity (Wildman–Crippen MR) is 84.9 cm³/mol. The first kappa shape index (κ1) is 13.1. The fraction of sp³-hybridized carbons (Fsp3) is 0.125. The third-order valence-corrected chi connectivity index (χ3v) is 3.78. The first-order valence-corrected chi connectivity index (χ1v) is 7.11. The van der Waals surface area contributed by atoms with Crippen molar-refractivity contribution in [3.05, 3.63) is 57.6 Å². The van der Waals surface area contributed by atoms with E-state index in [1.54, 1.807) is 0 Å². The Morgan fingerprint density at radius 2 is 1.90 bits per heavy atom. The quantitative estimate of drug-likeness (QED) is 0.839. The Kier molecular flexibility index (Phi) is 3.18. The summed E-state index contributed by atoms with van der Waals surface area (Å²) in [6.45, 7) is 3.99. The molecule has 0 atom stereocenters. The van der Waals surface area contributed by atoms with Gasteiger partial charge in [0.1, 0.15) is 5.71 Å². The summed E-state index contributed by atoms with van der Waals surface area (Å²) in [4.78, 5) is 16.6. The molecule has 0 aliphatic carbocycles. The van der Waals surface area contributed by atoms with Gasteiger partial charge in [-0.1, -0.05) is 27.6 Å². The van der Waals surface area contributed by atoms with Gasteiger partial charge in [-0.3, -0.25) is 4.79 Å². The zero-order valence-electron chi connectivity index (χ0n) is 11.2. The third kappa shape index (κ3) is 2.27. The first-order valence-electron chi connectivity index (χ1n) is 6.32. The molecule has 0 aromatic heterocycles. The van der Waals surface area contributed by atoms with Crippen molar-refractivity contribution in [2.45, 2.75) is 13.8 Å². The van der Waals surface area contributed by atoms with Crippen LogP contribution in [0.15, 0.2) is 45.9 Å². The lowest BCUT2D eigenvalue weighted by atomic mass is 10.1. The molecular weight excluding hydrogens is 316 g/mol. The maximum absolute atomic E-state index is 12.1. The molecule has 4 heteroatoms. The van der Waals surface area contributed by atoms with Crippen LogP contribution in [-0.2, 0) is 4.79 Å². The summed E-state index contributed by atoms with van der Waals surface area (Å²) < 4.78 is 1.01. The number of hydrogen-bond acceptors (Lipinski definition) is 2. The Bertz CT molecular complexity index is 750. The Hall–Kier alpha value is -1.94. The van der Waals surface area contributed by atoms with Crippen molar-refractivity contribution in [1.82, 2.24) is 0 Å². The van der Waals surface area contributed by atoms with Gasteiger partial charge >= 0.3 is 0 Å². The Morgan fingerprint density at radius 1 is 1.10 bits per heavy atom. The average Bonchev–Trinajstić information content (AvgIpc) is 2.69. The minimum absolute atomic E-state index is 0.145. The number of nitrogens with zero attached hydrogens (tertiary/aromatic N) is 1. The molecule has 1 aliphatic rings. The smallest absolute Gasteiger partial charge is 0.275 e. The van der Waals surface area contributed by atoms with Crippen LogP contribution in [0.1, 0.15) is 16.7 Å².